The Hall–Kier alpha value is -1.11. The molecule has 1 rings (SSSR count). The van der Waals surface area contributed by atoms with Gasteiger partial charge >= 0.3 is 5.51 Å². The van der Waals surface area contributed by atoms with E-state index in [1.54, 1.807) is 0 Å². The third-order valence-corrected chi connectivity index (χ3v) is 2.85. The normalized spacial score (nSPS) is 12.9. The summed E-state index contributed by atoms with van der Waals surface area (Å²) in [6.45, 7) is 1.48. The molecule has 1 heterocycles. The average Bonchev–Trinajstić information content (AvgIpc) is 2.02. The van der Waals surface area contributed by atoms with Crippen LogP contribution in [0.25, 0.3) is 0 Å². The predicted octanol–water partition coefficient (Wildman–Crippen LogP) is 1.68. The van der Waals surface area contributed by atoms with Gasteiger partial charge in [0.25, 0.3) is 9.84 Å². The van der Waals surface area contributed by atoms with E-state index in [9.17, 15) is 21.6 Å². The maximum atomic E-state index is 12.0. The molecule has 0 amide bonds. The third-order valence-electron chi connectivity index (χ3n) is 1.47. The number of hydrogen-bond donors (Lipinski definition) is 0. The molecule has 0 radical (unpaired) electrons. The van der Waals surface area contributed by atoms with Gasteiger partial charge in [0.15, 0.2) is 5.03 Å². The van der Waals surface area contributed by atoms with Crippen molar-refractivity contribution in [3.8, 4) is 0 Å². The van der Waals surface area contributed by atoms with E-state index in [1.807, 2.05) is 0 Å². The highest BCUT2D eigenvalue weighted by Gasteiger charge is 2.47. The van der Waals surface area contributed by atoms with Gasteiger partial charge in [0.2, 0.25) is 0 Å². The van der Waals surface area contributed by atoms with Crippen LogP contribution >= 0.6 is 0 Å². The Kier molecular flexibility index (Phi) is 2.53. The highest BCUT2D eigenvalue weighted by Crippen LogP contribution is 2.28. The summed E-state index contributed by atoms with van der Waals surface area (Å²) in [4.78, 5) is 3.17. The molecular weight excluding hydrogens is 219 g/mol. The quantitative estimate of drug-likeness (QED) is 0.730. The van der Waals surface area contributed by atoms with E-state index in [2.05, 4.69) is 4.98 Å². The lowest BCUT2D eigenvalue weighted by Gasteiger charge is -2.06. The number of rotatable bonds is 1. The van der Waals surface area contributed by atoms with Crippen LogP contribution in [0.5, 0.6) is 0 Å². The van der Waals surface area contributed by atoms with Crippen molar-refractivity contribution in [1.29, 1.82) is 0 Å². The van der Waals surface area contributed by atoms with Crippen molar-refractivity contribution >= 4 is 9.84 Å². The highest BCUT2D eigenvalue weighted by molar-refractivity contribution is 7.92. The monoisotopic (exact) mass is 225 g/mol. The maximum absolute atomic E-state index is 12.0. The van der Waals surface area contributed by atoms with Crippen LogP contribution in [0.3, 0.4) is 0 Å². The van der Waals surface area contributed by atoms with Crippen LogP contribution in [0.4, 0.5) is 13.2 Å². The van der Waals surface area contributed by atoms with E-state index < -0.39 is 20.4 Å². The minimum atomic E-state index is -5.31. The van der Waals surface area contributed by atoms with Crippen molar-refractivity contribution in [2.45, 2.75) is 17.5 Å². The van der Waals surface area contributed by atoms with Crippen LogP contribution in [-0.2, 0) is 9.84 Å². The summed E-state index contributed by atoms with van der Waals surface area (Å²) in [6, 6.07) is 2.29. The second kappa shape index (κ2) is 3.23. The molecule has 3 nitrogen and oxygen atoms in total. The predicted molar refractivity (Wildman–Crippen MR) is 42.2 cm³/mol. The Bertz CT molecular complexity index is 438. The van der Waals surface area contributed by atoms with Gasteiger partial charge in [-0.2, -0.15) is 13.2 Å². The minimum absolute atomic E-state index is 0.405. The van der Waals surface area contributed by atoms with Gasteiger partial charge in [0.05, 0.1) is 0 Å². The zero-order chi connectivity index (χ0) is 11.0. The van der Waals surface area contributed by atoms with Gasteiger partial charge in [0, 0.05) is 6.20 Å². The van der Waals surface area contributed by atoms with Crippen molar-refractivity contribution in [1.82, 2.24) is 4.98 Å². The standard InChI is InChI=1S/C7H6F3NO2S/c1-5-2-3-11-6(4-5)14(12,13)7(8,9)10/h2-4H,1H3. The van der Waals surface area contributed by atoms with Gasteiger partial charge < -0.3 is 0 Å². The summed E-state index contributed by atoms with van der Waals surface area (Å²) in [6.07, 6.45) is 1.02. The summed E-state index contributed by atoms with van der Waals surface area (Å²) in [5.74, 6) is 0. The number of aryl methyl sites for hydroxylation is 1. The number of aromatic nitrogens is 1. The van der Waals surface area contributed by atoms with E-state index in [0.29, 0.717) is 5.56 Å². The van der Waals surface area contributed by atoms with Crippen LogP contribution in [0, 0.1) is 6.92 Å². The third kappa shape index (κ3) is 1.87. The molecule has 0 aromatic carbocycles. The number of alkyl halides is 3. The van der Waals surface area contributed by atoms with Gasteiger partial charge in [-0.1, -0.05) is 0 Å². The molecule has 0 unspecified atom stereocenters. The molecule has 14 heavy (non-hydrogen) atoms. The largest absolute Gasteiger partial charge is 0.503 e. The number of nitrogens with zero attached hydrogens (tertiary/aromatic N) is 1. The van der Waals surface area contributed by atoms with E-state index >= 15 is 0 Å². The van der Waals surface area contributed by atoms with Gasteiger partial charge in [-0.25, -0.2) is 13.4 Å². The topological polar surface area (TPSA) is 47.0 Å². The number of sulfone groups is 1. The zero-order valence-corrected chi connectivity index (χ0v) is 7.85. The molecule has 78 valence electrons. The molecule has 0 N–H and O–H groups in total. The Morgan fingerprint density at radius 1 is 1.36 bits per heavy atom. The maximum Gasteiger partial charge on any atom is 0.503 e. The molecule has 0 aliphatic rings. The molecule has 0 bridgehead atoms. The number of halogens is 3. The SMILES string of the molecule is Cc1ccnc(S(=O)(=O)C(F)(F)F)c1. The smallest absolute Gasteiger partial charge is 0.244 e. The van der Waals surface area contributed by atoms with E-state index in [-0.39, 0.29) is 0 Å². The molecule has 0 aliphatic carbocycles. The van der Waals surface area contributed by atoms with Crippen LogP contribution < -0.4 is 0 Å². The summed E-state index contributed by atoms with van der Waals surface area (Å²) in [5, 5.41) is -0.968. The fraction of sp³-hybridized carbons (Fsp3) is 0.286. The molecule has 1 aromatic heterocycles. The lowest BCUT2D eigenvalue weighted by atomic mass is 10.3. The highest BCUT2D eigenvalue weighted by atomic mass is 32.2. The number of hydrogen-bond acceptors (Lipinski definition) is 3. The van der Waals surface area contributed by atoms with Crippen LogP contribution in [0.15, 0.2) is 23.4 Å². The van der Waals surface area contributed by atoms with Crippen molar-refractivity contribution < 1.29 is 21.6 Å². The van der Waals surface area contributed by atoms with Crippen LogP contribution in [0.2, 0.25) is 0 Å². The van der Waals surface area contributed by atoms with E-state index in [1.165, 1.54) is 13.0 Å². The lowest BCUT2D eigenvalue weighted by Crippen LogP contribution is -2.24. The summed E-state index contributed by atoms with van der Waals surface area (Å²) >= 11 is 0. The molecule has 0 saturated heterocycles. The molecule has 0 atom stereocenters. The van der Waals surface area contributed by atoms with E-state index in [0.717, 1.165) is 12.3 Å². The van der Waals surface area contributed by atoms with Gasteiger partial charge in [-0.05, 0) is 24.6 Å². The first-order valence-corrected chi connectivity index (χ1v) is 4.97. The molecule has 7 heteroatoms. The Labute approximate surface area is 78.5 Å². The van der Waals surface area contributed by atoms with E-state index in [4.69, 9.17) is 0 Å². The van der Waals surface area contributed by atoms with Crippen molar-refractivity contribution in [2.24, 2.45) is 0 Å². The first-order valence-electron chi connectivity index (χ1n) is 3.49. The lowest BCUT2D eigenvalue weighted by molar-refractivity contribution is -0.0438. The molecule has 0 saturated carbocycles. The molecule has 0 fully saturated rings. The van der Waals surface area contributed by atoms with Gasteiger partial charge in [-0.15, -0.1) is 0 Å². The molecule has 0 aliphatic heterocycles. The minimum Gasteiger partial charge on any atom is -0.244 e. The van der Waals surface area contributed by atoms with Crippen LogP contribution in [0.1, 0.15) is 5.56 Å². The zero-order valence-electron chi connectivity index (χ0n) is 7.04. The fourth-order valence-corrected chi connectivity index (χ4v) is 1.55. The Balaban J connectivity index is 3.32. The molecular formula is C7H6F3NO2S. The van der Waals surface area contributed by atoms with Crippen molar-refractivity contribution in [2.75, 3.05) is 0 Å². The Morgan fingerprint density at radius 3 is 2.36 bits per heavy atom. The Morgan fingerprint density at radius 2 is 1.93 bits per heavy atom. The van der Waals surface area contributed by atoms with Crippen LogP contribution in [-0.4, -0.2) is 18.9 Å². The summed E-state index contributed by atoms with van der Waals surface area (Å²) in [5.41, 5.74) is -4.89. The number of pyridine rings is 1. The molecule has 1 aromatic rings. The first kappa shape index (κ1) is 11.0. The second-order valence-corrected chi connectivity index (χ2v) is 4.51. The van der Waals surface area contributed by atoms with Crippen molar-refractivity contribution in [3.05, 3.63) is 23.9 Å². The van der Waals surface area contributed by atoms with Gasteiger partial charge in [0.1, 0.15) is 0 Å². The fourth-order valence-electron chi connectivity index (χ4n) is 0.774. The van der Waals surface area contributed by atoms with Crippen molar-refractivity contribution in [3.63, 3.8) is 0 Å². The summed E-state index contributed by atoms with van der Waals surface area (Å²) < 4.78 is 57.7. The summed E-state index contributed by atoms with van der Waals surface area (Å²) in [7, 11) is -5.31. The second-order valence-electron chi connectivity index (χ2n) is 2.62. The first-order chi connectivity index (χ1) is 6.25. The average molecular weight is 225 g/mol. The van der Waals surface area contributed by atoms with Gasteiger partial charge in [-0.3, -0.25) is 0 Å². The molecule has 0 spiro atoms.